The average molecular weight is 296 g/mol. The molecule has 0 nitrogen and oxygen atoms in total. The molecular formula is C21H43. The second-order valence-electron chi connectivity index (χ2n) is 7.81. The third-order valence-corrected chi connectivity index (χ3v) is 4.80. The van der Waals surface area contributed by atoms with E-state index in [9.17, 15) is 0 Å². The van der Waals surface area contributed by atoms with E-state index < -0.39 is 0 Å². The van der Waals surface area contributed by atoms with E-state index >= 15 is 0 Å². The molecule has 127 valence electrons. The number of hydrogen-bond acceptors (Lipinski definition) is 0. The predicted molar refractivity (Wildman–Crippen MR) is 98.5 cm³/mol. The molecule has 1 radical (unpaired) electrons. The highest BCUT2D eigenvalue weighted by Gasteiger charge is 2.06. The molecule has 0 aliphatic carbocycles. The Bertz CT molecular complexity index is 194. The van der Waals surface area contributed by atoms with Gasteiger partial charge in [0.25, 0.3) is 0 Å². The molecule has 2 unspecified atom stereocenters. The van der Waals surface area contributed by atoms with Gasteiger partial charge in [0, 0.05) is 0 Å². The fourth-order valence-electron chi connectivity index (χ4n) is 3.09. The standard InChI is InChI=1S/C21H43/c1-6-20(4)18-21(5)17-15-13-11-9-7-8-10-12-14-16-19(2)3/h8,19-21H,6-7,9-18H2,1-5H3. The van der Waals surface area contributed by atoms with Crippen LogP contribution >= 0.6 is 0 Å². The molecule has 0 aromatic carbocycles. The van der Waals surface area contributed by atoms with E-state index in [2.05, 4.69) is 41.0 Å². The average Bonchev–Trinajstić information content (AvgIpc) is 2.44. The van der Waals surface area contributed by atoms with E-state index in [0.717, 1.165) is 17.8 Å². The van der Waals surface area contributed by atoms with E-state index in [4.69, 9.17) is 0 Å². The third kappa shape index (κ3) is 16.2. The van der Waals surface area contributed by atoms with Crippen molar-refractivity contribution < 1.29 is 0 Å². The first-order valence-corrected chi connectivity index (χ1v) is 9.87. The molecule has 0 N–H and O–H groups in total. The van der Waals surface area contributed by atoms with Crippen molar-refractivity contribution >= 4 is 0 Å². The Labute approximate surface area is 136 Å². The molecule has 0 amide bonds. The second-order valence-corrected chi connectivity index (χ2v) is 7.81. The van der Waals surface area contributed by atoms with Crippen LogP contribution in [0.5, 0.6) is 0 Å². The lowest BCUT2D eigenvalue weighted by Gasteiger charge is -2.15. The van der Waals surface area contributed by atoms with E-state index in [-0.39, 0.29) is 0 Å². The van der Waals surface area contributed by atoms with Gasteiger partial charge < -0.3 is 0 Å². The first-order valence-electron chi connectivity index (χ1n) is 9.87. The van der Waals surface area contributed by atoms with Gasteiger partial charge in [0.2, 0.25) is 0 Å². The fraction of sp³-hybridized carbons (Fsp3) is 0.952. The largest absolute Gasteiger partial charge is 0.0651 e. The highest BCUT2D eigenvalue weighted by molar-refractivity contribution is 4.65. The molecule has 0 fully saturated rings. The predicted octanol–water partition coefficient (Wildman–Crippen LogP) is 7.82. The fourth-order valence-corrected chi connectivity index (χ4v) is 3.09. The van der Waals surface area contributed by atoms with Gasteiger partial charge in [-0.3, -0.25) is 0 Å². The minimum atomic E-state index is 0.882. The lowest BCUT2D eigenvalue weighted by atomic mass is 9.91. The summed E-state index contributed by atoms with van der Waals surface area (Å²) in [5.41, 5.74) is 0. The molecule has 0 spiro atoms. The van der Waals surface area contributed by atoms with Crippen LogP contribution in [0, 0.1) is 24.2 Å². The van der Waals surface area contributed by atoms with E-state index in [0.29, 0.717) is 0 Å². The summed E-state index contributed by atoms with van der Waals surface area (Å²) in [5.74, 6) is 2.74. The van der Waals surface area contributed by atoms with Crippen molar-refractivity contribution in [3.8, 4) is 0 Å². The van der Waals surface area contributed by atoms with Crippen molar-refractivity contribution in [2.75, 3.05) is 0 Å². The minimum Gasteiger partial charge on any atom is -0.0651 e. The Balaban J connectivity index is 3.15. The zero-order chi connectivity index (χ0) is 15.9. The Kier molecular flexibility index (Phi) is 14.9. The maximum absolute atomic E-state index is 2.53. The van der Waals surface area contributed by atoms with Crippen LogP contribution in [0.25, 0.3) is 0 Å². The van der Waals surface area contributed by atoms with Gasteiger partial charge in [-0.15, -0.1) is 0 Å². The highest BCUT2D eigenvalue weighted by Crippen LogP contribution is 2.20. The zero-order valence-electron chi connectivity index (χ0n) is 15.8. The van der Waals surface area contributed by atoms with Crippen molar-refractivity contribution in [3.63, 3.8) is 0 Å². The van der Waals surface area contributed by atoms with Gasteiger partial charge in [0.1, 0.15) is 0 Å². The number of unbranched alkanes of at least 4 members (excludes halogenated alkanes) is 8. The maximum atomic E-state index is 2.53. The van der Waals surface area contributed by atoms with Crippen molar-refractivity contribution in [1.82, 2.24) is 0 Å². The lowest BCUT2D eigenvalue weighted by molar-refractivity contribution is 0.374. The summed E-state index contributed by atoms with van der Waals surface area (Å²) < 4.78 is 0. The Morgan fingerprint density at radius 1 is 0.667 bits per heavy atom. The topological polar surface area (TPSA) is 0 Å². The lowest BCUT2D eigenvalue weighted by Crippen LogP contribution is -2.02. The number of rotatable bonds is 15. The summed E-state index contributed by atoms with van der Waals surface area (Å²) in [5, 5.41) is 0. The molecule has 2 atom stereocenters. The molecule has 0 aromatic rings. The molecule has 0 aliphatic rings. The second kappa shape index (κ2) is 14.9. The summed E-state index contributed by atoms with van der Waals surface area (Å²) in [6.45, 7) is 11.8. The highest BCUT2D eigenvalue weighted by atomic mass is 14.1. The first-order chi connectivity index (χ1) is 10.1. The molecule has 21 heavy (non-hydrogen) atoms. The summed E-state index contributed by atoms with van der Waals surface area (Å²) in [6, 6.07) is 0. The zero-order valence-corrected chi connectivity index (χ0v) is 15.8. The summed E-state index contributed by atoms with van der Waals surface area (Å²) >= 11 is 0. The van der Waals surface area contributed by atoms with Crippen LogP contribution in [-0.4, -0.2) is 0 Å². The molecule has 0 rings (SSSR count). The Morgan fingerprint density at radius 3 is 1.86 bits per heavy atom. The van der Waals surface area contributed by atoms with Crippen LogP contribution in [0.1, 0.15) is 112 Å². The maximum Gasteiger partial charge on any atom is -0.0386 e. The van der Waals surface area contributed by atoms with Crippen molar-refractivity contribution in [2.45, 2.75) is 112 Å². The van der Waals surface area contributed by atoms with Crippen molar-refractivity contribution in [3.05, 3.63) is 6.42 Å². The van der Waals surface area contributed by atoms with E-state index in [1.807, 2.05) is 0 Å². The van der Waals surface area contributed by atoms with Crippen LogP contribution in [0.2, 0.25) is 0 Å². The van der Waals surface area contributed by atoms with Gasteiger partial charge >= 0.3 is 0 Å². The molecule has 0 aromatic heterocycles. The smallest absolute Gasteiger partial charge is 0.0386 e. The molecular weight excluding hydrogens is 252 g/mol. The molecule has 0 bridgehead atoms. The van der Waals surface area contributed by atoms with Crippen LogP contribution in [0.15, 0.2) is 0 Å². The molecule has 0 heteroatoms. The Hall–Kier alpha value is 0. The first kappa shape index (κ1) is 21.0. The van der Waals surface area contributed by atoms with Gasteiger partial charge in [0.15, 0.2) is 0 Å². The van der Waals surface area contributed by atoms with Crippen LogP contribution in [0.3, 0.4) is 0 Å². The quantitative estimate of drug-likeness (QED) is 0.270. The SMILES string of the molecule is CCC(C)CC(C)CCCCCC[CH]CCCCC(C)C. The molecule has 0 aliphatic heterocycles. The van der Waals surface area contributed by atoms with Crippen molar-refractivity contribution in [2.24, 2.45) is 17.8 Å². The van der Waals surface area contributed by atoms with Crippen LogP contribution < -0.4 is 0 Å². The molecule has 0 heterocycles. The van der Waals surface area contributed by atoms with E-state index in [1.165, 1.54) is 77.0 Å². The van der Waals surface area contributed by atoms with Gasteiger partial charge in [-0.25, -0.2) is 0 Å². The minimum absolute atomic E-state index is 0.882. The number of hydrogen-bond donors (Lipinski definition) is 0. The van der Waals surface area contributed by atoms with Gasteiger partial charge in [-0.1, -0.05) is 105 Å². The summed E-state index contributed by atoms with van der Waals surface area (Å²) in [4.78, 5) is 0. The molecule has 0 saturated heterocycles. The van der Waals surface area contributed by atoms with Crippen LogP contribution in [-0.2, 0) is 0 Å². The Morgan fingerprint density at radius 2 is 1.24 bits per heavy atom. The van der Waals surface area contributed by atoms with Crippen molar-refractivity contribution in [1.29, 1.82) is 0 Å². The summed E-state index contributed by atoms with van der Waals surface area (Å²) in [7, 11) is 0. The van der Waals surface area contributed by atoms with Gasteiger partial charge in [-0.2, -0.15) is 0 Å². The summed E-state index contributed by atoms with van der Waals surface area (Å²) in [6.07, 6.45) is 19.5. The van der Waals surface area contributed by atoms with Gasteiger partial charge in [-0.05, 0) is 30.6 Å². The third-order valence-electron chi connectivity index (χ3n) is 4.80. The van der Waals surface area contributed by atoms with Crippen LogP contribution in [0.4, 0.5) is 0 Å². The molecule has 0 saturated carbocycles. The monoisotopic (exact) mass is 295 g/mol. The van der Waals surface area contributed by atoms with Gasteiger partial charge in [0.05, 0.1) is 0 Å². The van der Waals surface area contributed by atoms with E-state index in [1.54, 1.807) is 0 Å². The normalized spacial score (nSPS) is 14.6.